The van der Waals surface area contributed by atoms with Crippen molar-refractivity contribution in [3.8, 4) is 11.4 Å². The number of unbranched alkanes of at least 4 members (excludes halogenated alkanes) is 1. The summed E-state index contributed by atoms with van der Waals surface area (Å²) in [4.78, 5) is 24.6. The van der Waals surface area contributed by atoms with Gasteiger partial charge in [-0.15, -0.1) is 0 Å². The number of hydrogen-bond acceptors (Lipinski definition) is 6. The maximum atomic E-state index is 12.3. The lowest BCUT2D eigenvalue weighted by Gasteiger charge is -2.33. The molecule has 1 fully saturated rings. The van der Waals surface area contributed by atoms with E-state index in [0.717, 1.165) is 37.0 Å². The molecule has 0 amide bonds. The van der Waals surface area contributed by atoms with E-state index < -0.39 is 33.5 Å². The van der Waals surface area contributed by atoms with Crippen molar-refractivity contribution in [2.24, 2.45) is 5.92 Å². The first-order valence-electron chi connectivity index (χ1n) is 10.0. The molecule has 2 aromatic rings. The van der Waals surface area contributed by atoms with E-state index in [-0.39, 0.29) is 18.0 Å². The Balaban J connectivity index is 1.92. The molecule has 1 saturated heterocycles. The minimum Gasteiger partial charge on any atom is -0.422 e. The first kappa shape index (κ1) is 22.1. The molecular formula is C21H28N2O6S. The molecular weight excluding hydrogens is 408 g/mol. The lowest BCUT2D eigenvalue weighted by atomic mass is 10.0. The number of aryl methyl sites for hydroxylation is 1. The molecule has 0 saturated carbocycles. The van der Waals surface area contributed by atoms with Crippen LogP contribution in [0.25, 0.3) is 11.4 Å². The van der Waals surface area contributed by atoms with Crippen molar-refractivity contribution in [1.29, 1.82) is 0 Å². The third-order valence-electron chi connectivity index (χ3n) is 5.07. The molecule has 3 rings (SSSR count). The molecule has 30 heavy (non-hydrogen) atoms. The summed E-state index contributed by atoms with van der Waals surface area (Å²) < 4.78 is 38.8. The van der Waals surface area contributed by atoms with E-state index in [0.29, 0.717) is 0 Å². The maximum Gasteiger partial charge on any atom is 0.323 e. The molecule has 0 aromatic carbocycles. The van der Waals surface area contributed by atoms with Gasteiger partial charge in [0.05, 0.1) is 11.4 Å². The number of rotatable bonds is 8. The molecule has 0 unspecified atom stereocenters. The Labute approximate surface area is 176 Å². The van der Waals surface area contributed by atoms with Crippen molar-refractivity contribution in [2.45, 2.75) is 63.9 Å². The topological polar surface area (TPSA) is 96.6 Å². The van der Waals surface area contributed by atoms with E-state index in [1.807, 2.05) is 18.3 Å². The Kier molecular flexibility index (Phi) is 6.12. The predicted molar refractivity (Wildman–Crippen MR) is 110 cm³/mol. The lowest BCUT2D eigenvalue weighted by Crippen LogP contribution is -2.46. The second kappa shape index (κ2) is 8.29. The van der Waals surface area contributed by atoms with E-state index in [9.17, 15) is 18.0 Å². The zero-order valence-corrected chi connectivity index (χ0v) is 18.6. The number of cyclic esters (lactones) is 2. The molecule has 1 aliphatic rings. The van der Waals surface area contributed by atoms with Gasteiger partial charge in [0.1, 0.15) is 5.03 Å². The molecule has 2 aromatic heterocycles. The van der Waals surface area contributed by atoms with Crippen LogP contribution >= 0.6 is 0 Å². The molecule has 3 heterocycles. The highest BCUT2D eigenvalue weighted by molar-refractivity contribution is 7.90. The number of sulfone groups is 1. The Hall–Kier alpha value is -2.55. The maximum absolute atomic E-state index is 12.3. The van der Waals surface area contributed by atoms with Crippen LogP contribution in [0.3, 0.4) is 0 Å². The molecule has 9 heteroatoms. The van der Waals surface area contributed by atoms with Crippen LogP contribution in [-0.2, 0) is 42.0 Å². The number of nitrogens with zero attached hydrogens (tertiary/aromatic N) is 2. The molecule has 0 N–H and O–H groups in total. The van der Waals surface area contributed by atoms with Gasteiger partial charge < -0.3 is 18.6 Å². The first-order valence-corrected chi connectivity index (χ1v) is 11.9. The molecule has 0 bridgehead atoms. The van der Waals surface area contributed by atoms with Crippen molar-refractivity contribution in [1.82, 2.24) is 9.13 Å². The Morgan fingerprint density at radius 3 is 2.30 bits per heavy atom. The third-order valence-corrected chi connectivity index (χ3v) is 6.18. The van der Waals surface area contributed by atoms with Gasteiger partial charge in [-0.2, -0.15) is 0 Å². The summed E-state index contributed by atoms with van der Waals surface area (Å²) in [5.41, 5.74) is 1.60. The largest absolute Gasteiger partial charge is 0.422 e. The summed E-state index contributed by atoms with van der Waals surface area (Å²) in [6.45, 7) is 6.06. The normalized spacial score (nSPS) is 17.1. The zero-order valence-electron chi connectivity index (χ0n) is 17.8. The van der Waals surface area contributed by atoms with Gasteiger partial charge >= 0.3 is 11.9 Å². The number of hydrogen-bond donors (Lipinski definition) is 0. The second-order valence-electron chi connectivity index (χ2n) is 8.00. The van der Waals surface area contributed by atoms with Gasteiger partial charge in [0.15, 0.2) is 15.8 Å². The van der Waals surface area contributed by atoms with Gasteiger partial charge in [0, 0.05) is 39.4 Å². The molecule has 1 aliphatic heterocycles. The van der Waals surface area contributed by atoms with Crippen molar-refractivity contribution < 1.29 is 27.5 Å². The zero-order chi connectivity index (χ0) is 22.1. The van der Waals surface area contributed by atoms with Crippen molar-refractivity contribution in [3.63, 3.8) is 0 Å². The van der Waals surface area contributed by atoms with Crippen LogP contribution in [0.2, 0.25) is 0 Å². The van der Waals surface area contributed by atoms with Crippen LogP contribution in [0.15, 0.2) is 35.5 Å². The SMILES string of the molecule is CCCCn1cccc1-c1ccc(S(C)(=O)=O)n1CCC1C(=O)OC(C)(C)OC1=O. The fourth-order valence-electron chi connectivity index (χ4n) is 3.63. The predicted octanol–water partition coefficient (Wildman–Crippen LogP) is 3.00. The molecule has 164 valence electrons. The van der Waals surface area contributed by atoms with Crippen molar-refractivity contribution >= 4 is 21.8 Å². The minimum absolute atomic E-state index is 0.0770. The lowest BCUT2D eigenvalue weighted by molar-refractivity contribution is -0.240. The summed E-state index contributed by atoms with van der Waals surface area (Å²) in [6, 6.07) is 7.16. The number of esters is 2. The van der Waals surface area contributed by atoms with Gasteiger partial charge in [-0.1, -0.05) is 13.3 Å². The van der Waals surface area contributed by atoms with E-state index >= 15 is 0 Å². The average Bonchev–Trinajstić information content (AvgIpc) is 3.23. The summed E-state index contributed by atoms with van der Waals surface area (Å²) in [7, 11) is -3.51. The second-order valence-corrected chi connectivity index (χ2v) is 9.97. The van der Waals surface area contributed by atoms with E-state index in [1.54, 1.807) is 16.7 Å². The highest BCUT2D eigenvalue weighted by Gasteiger charge is 2.43. The highest BCUT2D eigenvalue weighted by Crippen LogP contribution is 2.29. The van der Waals surface area contributed by atoms with Gasteiger partial charge in [0.25, 0.3) is 5.79 Å². The summed E-state index contributed by atoms with van der Waals surface area (Å²) in [5, 5.41) is 0.138. The number of carbonyl (C=O) groups is 2. The number of ether oxygens (including phenoxy) is 2. The van der Waals surface area contributed by atoms with Crippen LogP contribution in [0.1, 0.15) is 40.0 Å². The monoisotopic (exact) mass is 436 g/mol. The van der Waals surface area contributed by atoms with Gasteiger partial charge in [-0.3, -0.25) is 9.59 Å². The van der Waals surface area contributed by atoms with E-state index in [1.165, 1.54) is 13.8 Å². The Bertz CT molecular complexity index is 1030. The quantitative estimate of drug-likeness (QED) is 0.466. The van der Waals surface area contributed by atoms with Crippen LogP contribution < -0.4 is 0 Å². The van der Waals surface area contributed by atoms with E-state index in [4.69, 9.17) is 9.47 Å². The standard InChI is InChI=1S/C21H28N2O6S/c1-5-6-12-22-13-7-8-16(22)17-9-10-18(30(4,26)27)23(17)14-11-15-19(24)28-21(2,3)29-20(15)25/h7-10,13,15H,5-6,11-12,14H2,1-4H3. The van der Waals surface area contributed by atoms with Crippen LogP contribution in [0.4, 0.5) is 0 Å². The van der Waals surface area contributed by atoms with Crippen LogP contribution in [0.5, 0.6) is 0 Å². The molecule has 0 radical (unpaired) electrons. The molecule has 0 spiro atoms. The van der Waals surface area contributed by atoms with Crippen molar-refractivity contribution in [2.75, 3.05) is 6.26 Å². The highest BCUT2D eigenvalue weighted by atomic mass is 32.2. The van der Waals surface area contributed by atoms with Gasteiger partial charge in [0.2, 0.25) is 0 Å². The molecule has 0 atom stereocenters. The molecule has 8 nitrogen and oxygen atoms in total. The number of carbonyl (C=O) groups excluding carboxylic acids is 2. The molecule has 0 aliphatic carbocycles. The Morgan fingerprint density at radius 1 is 1.03 bits per heavy atom. The number of aromatic nitrogens is 2. The first-order chi connectivity index (χ1) is 14.0. The van der Waals surface area contributed by atoms with Crippen molar-refractivity contribution in [3.05, 3.63) is 30.5 Å². The third kappa shape index (κ3) is 4.61. The summed E-state index contributed by atoms with van der Waals surface area (Å²) in [6.07, 6.45) is 5.21. The summed E-state index contributed by atoms with van der Waals surface area (Å²) in [5.74, 6) is -3.69. The van der Waals surface area contributed by atoms with Crippen LogP contribution in [0, 0.1) is 5.92 Å². The smallest absolute Gasteiger partial charge is 0.323 e. The minimum atomic E-state index is -3.51. The van der Waals surface area contributed by atoms with Gasteiger partial charge in [-0.25, -0.2) is 8.42 Å². The summed E-state index contributed by atoms with van der Waals surface area (Å²) >= 11 is 0. The van der Waals surface area contributed by atoms with Crippen LogP contribution in [-0.4, -0.2) is 41.5 Å². The van der Waals surface area contributed by atoms with Gasteiger partial charge in [-0.05, 0) is 37.1 Å². The average molecular weight is 437 g/mol. The van der Waals surface area contributed by atoms with E-state index in [2.05, 4.69) is 11.5 Å². The fraction of sp³-hybridized carbons (Fsp3) is 0.524. The Morgan fingerprint density at radius 2 is 1.70 bits per heavy atom. The fourth-order valence-corrected chi connectivity index (χ4v) is 4.54.